The molecule has 1 atom stereocenters. The number of aliphatic hydroxyl groups is 1. The van der Waals surface area contributed by atoms with Crippen LogP contribution >= 0.6 is 15.9 Å². The molecule has 1 amide bonds. The molecule has 3 rings (SSSR count). The van der Waals surface area contributed by atoms with Crippen molar-refractivity contribution in [1.82, 2.24) is 20.0 Å². The van der Waals surface area contributed by atoms with Gasteiger partial charge in [0.05, 0.1) is 18.8 Å². The molecule has 0 aliphatic carbocycles. The standard InChI is InChI=1S/C16H18BrN5O4/c17-12-3-1-11(2-4-12)14(10-23)20-5-7-21(8-6-20)16(24)13-9-18-19-15(13)22(25)26/h1-4,9,14,23H,5-8,10H2,(H,18,19). The average Bonchev–Trinajstić information content (AvgIpc) is 3.14. The van der Waals surface area contributed by atoms with E-state index in [1.807, 2.05) is 24.3 Å². The van der Waals surface area contributed by atoms with Crippen molar-refractivity contribution in [3.63, 3.8) is 0 Å². The van der Waals surface area contributed by atoms with Gasteiger partial charge < -0.3 is 20.1 Å². The van der Waals surface area contributed by atoms with Gasteiger partial charge in [-0.3, -0.25) is 9.69 Å². The number of carbonyl (C=O) groups excluding carboxylic acids is 1. The highest BCUT2D eigenvalue weighted by Gasteiger charge is 2.31. The Bertz CT molecular complexity index is 786. The van der Waals surface area contributed by atoms with Gasteiger partial charge in [-0.25, -0.2) is 0 Å². The minimum absolute atomic E-state index is 0.0250. The second kappa shape index (κ2) is 7.94. The fourth-order valence-corrected chi connectivity index (χ4v) is 3.36. The first-order valence-corrected chi connectivity index (χ1v) is 8.88. The highest BCUT2D eigenvalue weighted by atomic mass is 79.9. The molecule has 1 aliphatic rings. The van der Waals surface area contributed by atoms with Crippen LogP contribution in [0.5, 0.6) is 0 Å². The van der Waals surface area contributed by atoms with E-state index in [-0.39, 0.29) is 24.0 Å². The molecule has 1 aromatic heterocycles. The van der Waals surface area contributed by atoms with E-state index >= 15 is 0 Å². The average molecular weight is 424 g/mol. The second-order valence-electron chi connectivity index (χ2n) is 5.97. The SMILES string of the molecule is O=C(c1cn[nH]c1[N+](=O)[O-])N1CCN(C(CO)c2ccc(Br)cc2)CC1. The van der Waals surface area contributed by atoms with Crippen molar-refractivity contribution in [2.45, 2.75) is 6.04 Å². The predicted molar refractivity (Wildman–Crippen MR) is 96.7 cm³/mol. The lowest BCUT2D eigenvalue weighted by molar-refractivity contribution is -0.389. The molecule has 26 heavy (non-hydrogen) atoms. The van der Waals surface area contributed by atoms with E-state index in [0.29, 0.717) is 26.2 Å². The van der Waals surface area contributed by atoms with E-state index in [9.17, 15) is 20.0 Å². The van der Waals surface area contributed by atoms with Gasteiger partial charge in [0, 0.05) is 30.7 Å². The van der Waals surface area contributed by atoms with Crippen molar-refractivity contribution >= 4 is 27.7 Å². The number of aromatic amines is 1. The van der Waals surface area contributed by atoms with Gasteiger partial charge in [-0.2, -0.15) is 0 Å². The first-order valence-electron chi connectivity index (χ1n) is 8.08. The number of carbonyl (C=O) groups is 1. The molecule has 10 heteroatoms. The number of nitro groups is 1. The van der Waals surface area contributed by atoms with Gasteiger partial charge in [0.15, 0.2) is 5.56 Å². The van der Waals surface area contributed by atoms with Crippen molar-refractivity contribution < 1.29 is 14.8 Å². The third-order valence-electron chi connectivity index (χ3n) is 4.50. The lowest BCUT2D eigenvalue weighted by Gasteiger charge is -2.38. The summed E-state index contributed by atoms with van der Waals surface area (Å²) in [5, 5.41) is 26.6. The van der Waals surface area contributed by atoms with E-state index in [4.69, 9.17) is 0 Å². The summed E-state index contributed by atoms with van der Waals surface area (Å²) in [7, 11) is 0. The summed E-state index contributed by atoms with van der Waals surface area (Å²) in [6.45, 7) is 1.96. The number of hydrogen-bond acceptors (Lipinski definition) is 6. The van der Waals surface area contributed by atoms with Crippen LogP contribution < -0.4 is 0 Å². The molecular formula is C16H18BrN5O4. The molecule has 1 aromatic carbocycles. The number of benzene rings is 1. The van der Waals surface area contributed by atoms with Crippen molar-refractivity contribution in [3.05, 3.63) is 56.2 Å². The smallest absolute Gasteiger partial charge is 0.355 e. The van der Waals surface area contributed by atoms with Crippen LogP contribution in [0, 0.1) is 10.1 Å². The van der Waals surface area contributed by atoms with E-state index < -0.39 is 10.8 Å². The molecule has 1 unspecified atom stereocenters. The van der Waals surface area contributed by atoms with Crippen LogP contribution in [0.3, 0.4) is 0 Å². The highest BCUT2D eigenvalue weighted by molar-refractivity contribution is 9.10. The maximum atomic E-state index is 12.5. The number of amides is 1. The Hall–Kier alpha value is -2.30. The van der Waals surface area contributed by atoms with Crippen molar-refractivity contribution in [1.29, 1.82) is 0 Å². The molecule has 2 heterocycles. The zero-order valence-electron chi connectivity index (χ0n) is 13.8. The Morgan fingerprint density at radius 1 is 1.31 bits per heavy atom. The van der Waals surface area contributed by atoms with E-state index in [2.05, 4.69) is 31.0 Å². The molecule has 0 saturated carbocycles. The summed E-state index contributed by atoms with van der Waals surface area (Å²) in [6.07, 6.45) is 1.19. The van der Waals surface area contributed by atoms with Gasteiger partial charge in [-0.15, -0.1) is 5.10 Å². The highest BCUT2D eigenvalue weighted by Crippen LogP contribution is 2.24. The van der Waals surface area contributed by atoms with Crippen LogP contribution in [0.25, 0.3) is 0 Å². The van der Waals surface area contributed by atoms with Crippen LogP contribution in [0.1, 0.15) is 22.0 Å². The number of H-pyrrole nitrogens is 1. The molecule has 2 N–H and O–H groups in total. The quantitative estimate of drug-likeness (QED) is 0.556. The van der Waals surface area contributed by atoms with E-state index in [1.165, 1.54) is 6.20 Å². The van der Waals surface area contributed by atoms with Crippen LogP contribution in [-0.2, 0) is 0 Å². The van der Waals surface area contributed by atoms with Gasteiger partial charge in [0.25, 0.3) is 5.91 Å². The zero-order chi connectivity index (χ0) is 18.7. The summed E-state index contributed by atoms with van der Waals surface area (Å²) in [5.74, 6) is -0.796. The number of nitrogens with zero attached hydrogens (tertiary/aromatic N) is 4. The molecule has 0 bridgehead atoms. The minimum Gasteiger partial charge on any atom is -0.394 e. The largest absolute Gasteiger partial charge is 0.394 e. The Labute approximate surface area is 157 Å². The fourth-order valence-electron chi connectivity index (χ4n) is 3.10. The third kappa shape index (κ3) is 3.76. The Morgan fingerprint density at radius 3 is 2.54 bits per heavy atom. The van der Waals surface area contributed by atoms with Crippen LogP contribution in [0.4, 0.5) is 5.82 Å². The fraction of sp³-hybridized carbons (Fsp3) is 0.375. The molecule has 1 fully saturated rings. The first kappa shape index (κ1) is 18.5. The van der Waals surface area contributed by atoms with E-state index in [0.717, 1.165) is 10.0 Å². The van der Waals surface area contributed by atoms with Crippen molar-refractivity contribution in [2.24, 2.45) is 0 Å². The molecule has 1 saturated heterocycles. The lowest BCUT2D eigenvalue weighted by Crippen LogP contribution is -2.50. The maximum Gasteiger partial charge on any atom is 0.355 e. The molecular weight excluding hydrogens is 406 g/mol. The number of halogens is 1. The number of hydrogen-bond donors (Lipinski definition) is 2. The normalized spacial score (nSPS) is 16.5. The summed E-state index contributed by atoms with van der Waals surface area (Å²) in [4.78, 5) is 26.5. The number of aliphatic hydroxyl groups excluding tert-OH is 1. The van der Waals surface area contributed by atoms with Gasteiger partial charge in [-0.05, 0) is 22.6 Å². The molecule has 0 spiro atoms. The topological polar surface area (TPSA) is 116 Å². The van der Waals surface area contributed by atoms with Gasteiger partial charge in [0.2, 0.25) is 0 Å². The molecule has 2 aromatic rings. The predicted octanol–water partition coefficient (Wildman–Crippen LogP) is 1.57. The molecule has 1 aliphatic heterocycles. The maximum absolute atomic E-state index is 12.5. The van der Waals surface area contributed by atoms with Gasteiger partial charge in [0.1, 0.15) is 0 Å². The third-order valence-corrected chi connectivity index (χ3v) is 5.03. The molecule has 9 nitrogen and oxygen atoms in total. The number of rotatable bonds is 5. The zero-order valence-corrected chi connectivity index (χ0v) is 15.4. The summed E-state index contributed by atoms with van der Waals surface area (Å²) >= 11 is 3.40. The monoisotopic (exact) mass is 423 g/mol. The lowest BCUT2D eigenvalue weighted by atomic mass is 10.1. The Kier molecular flexibility index (Phi) is 5.64. The summed E-state index contributed by atoms with van der Waals surface area (Å²) in [6, 6.07) is 7.61. The summed E-state index contributed by atoms with van der Waals surface area (Å²) in [5.41, 5.74) is 0.969. The molecule has 0 radical (unpaired) electrons. The Balaban J connectivity index is 1.66. The number of piperazine rings is 1. The summed E-state index contributed by atoms with van der Waals surface area (Å²) < 4.78 is 0.968. The molecule has 138 valence electrons. The van der Waals surface area contributed by atoms with Crippen LogP contribution in [0.2, 0.25) is 0 Å². The van der Waals surface area contributed by atoms with Crippen LogP contribution in [-0.4, -0.2) is 68.7 Å². The van der Waals surface area contributed by atoms with Crippen molar-refractivity contribution in [3.8, 4) is 0 Å². The second-order valence-corrected chi connectivity index (χ2v) is 6.88. The van der Waals surface area contributed by atoms with Gasteiger partial charge in [-0.1, -0.05) is 33.2 Å². The number of aromatic nitrogens is 2. The minimum atomic E-state index is -0.647. The van der Waals surface area contributed by atoms with Crippen LogP contribution in [0.15, 0.2) is 34.9 Å². The van der Waals surface area contributed by atoms with Gasteiger partial charge >= 0.3 is 5.82 Å². The first-order chi connectivity index (χ1) is 12.5. The number of nitrogens with one attached hydrogen (secondary N) is 1. The van der Waals surface area contributed by atoms with E-state index in [1.54, 1.807) is 4.90 Å². The Morgan fingerprint density at radius 2 is 1.96 bits per heavy atom. The van der Waals surface area contributed by atoms with Crippen molar-refractivity contribution in [2.75, 3.05) is 32.8 Å².